The van der Waals surface area contributed by atoms with Crippen molar-refractivity contribution >= 4 is 34.0 Å². The van der Waals surface area contributed by atoms with Crippen LogP contribution < -0.4 is 4.90 Å². The third-order valence-corrected chi connectivity index (χ3v) is 4.77. The topological polar surface area (TPSA) is 64.0 Å². The number of anilines is 2. The molecule has 24 heavy (non-hydrogen) atoms. The number of ether oxygens (including phenoxy) is 1. The molecule has 3 aromatic heterocycles. The van der Waals surface area contributed by atoms with Crippen LogP contribution in [0.2, 0.25) is 0 Å². The molecule has 6 nitrogen and oxygen atoms in total. The van der Waals surface area contributed by atoms with Crippen molar-refractivity contribution in [1.29, 1.82) is 0 Å². The van der Waals surface area contributed by atoms with Gasteiger partial charge in [0.2, 0.25) is 0 Å². The van der Waals surface area contributed by atoms with E-state index in [4.69, 9.17) is 4.74 Å². The molecule has 0 amide bonds. The molecule has 0 aliphatic heterocycles. The molecule has 124 valence electrons. The number of rotatable bonds is 6. The average molecular weight is 359 g/mol. The lowest BCUT2D eigenvalue weighted by molar-refractivity contribution is 0.205. The SMILES string of the molecule is COCN(c1ccccn1)c1ncc(-c2cc(C)nc(SC)n2)s1. The van der Waals surface area contributed by atoms with Gasteiger partial charge >= 0.3 is 0 Å². The molecule has 0 saturated carbocycles. The number of thioether (sulfide) groups is 1. The van der Waals surface area contributed by atoms with Gasteiger partial charge in [-0.2, -0.15) is 0 Å². The number of hydrogen-bond donors (Lipinski definition) is 0. The molecule has 8 heteroatoms. The van der Waals surface area contributed by atoms with Crippen LogP contribution in [0.25, 0.3) is 10.6 Å². The van der Waals surface area contributed by atoms with E-state index in [0.717, 1.165) is 32.4 Å². The molecule has 0 spiro atoms. The monoisotopic (exact) mass is 359 g/mol. The van der Waals surface area contributed by atoms with Crippen molar-refractivity contribution in [3.63, 3.8) is 0 Å². The van der Waals surface area contributed by atoms with Gasteiger partial charge in [-0.15, -0.1) is 0 Å². The maximum Gasteiger partial charge on any atom is 0.193 e. The molecule has 0 unspecified atom stereocenters. The summed E-state index contributed by atoms with van der Waals surface area (Å²) in [5.41, 5.74) is 1.83. The van der Waals surface area contributed by atoms with E-state index >= 15 is 0 Å². The Balaban J connectivity index is 1.95. The molecule has 3 aromatic rings. The molecule has 0 aliphatic carbocycles. The lowest BCUT2D eigenvalue weighted by atomic mass is 10.3. The first-order valence-corrected chi connectivity index (χ1v) is 9.28. The summed E-state index contributed by atoms with van der Waals surface area (Å²) in [5, 5.41) is 1.57. The first-order valence-electron chi connectivity index (χ1n) is 7.24. The van der Waals surface area contributed by atoms with Crippen molar-refractivity contribution in [1.82, 2.24) is 19.9 Å². The Kier molecular flexibility index (Phi) is 5.39. The molecule has 0 aromatic carbocycles. The van der Waals surface area contributed by atoms with Crippen LogP contribution in [0.1, 0.15) is 5.69 Å². The van der Waals surface area contributed by atoms with Crippen LogP contribution in [-0.2, 0) is 4.74 Å². The summed E-state index contributed by atoms with van der Waals surface area (Å²) in [5.74, 6) is 0.795. The predicted octanol–water partition coefficient (Wildman–Crippen LogP) is 3.77. The van der Waals surface area contributed by atoms with Crippen molar-refractivity contribution in [2.24, 2.45) is 0 Å². The summed E-state index contributed by atoms with van der Waals surface area (Å²) >= 11 is 3.08. The van der Waals surface area contributed by atoms with Crippen LogP contribution in [0.4, 0.5) is 10.9 Å². The first kappa shape index (κ1) is 16.8. The second kappa shape index (κ2) is 7.69. The third-order valence-electron chi connectivity index (χ3n) is 3.18. The van der Waals surface area contributed by atoms with Crippen LogP contribution in [0, 0.1) is 6.92 Å². The van der Waals surface area contributed by atoms with Gasteiger partial charge in [0.05, 0.1) is 10.6 Å². The van der Waals surface area contributed by atoms with Crippen molar-refractivity contribution < 1.29 is 4.74 Å². The van der Waals surface area contributed by atoms with Gasteiger partial charge in [0.1, 0.15) is 12.5 Å². The molecular formula is C16H17N5OS2. The highest BCUT2D eigenvalue weighted by atomic mass is 32.2. The second-order valence-electron chi connectivity index (χ2n) is 4.92. The van der Waals surface area contributed by atoms with E-state index < -0.39 is 0 Å². The Morgan fingerprint density at radius 3 is 2.83 bits per heavy atom. The summed E-state index contributed by atoms with van der Waals surface area (Å²) < 4.78 is 5.31. The molecular weight excluding hydrogens is 342 g/mol. The van der Waals surface area contributed by atoms with Gasteiger partial charge in [-0.1, -0.05) is 29.2 Å². The molecule has 3 heterocycles. The maximum atomic E-state index is 5.31. The predicted molar refractivity (Wildman–Crippen MR) is 97.9 cm³/mol. The summed E-state index contributed by atoms with van der Waals surface area (Å²) in [6.07, 6.45) is 5.56. The minimum Gasteiger partial charge on any atom is -0.364 e. The van der Waals surface area contributed by atoms with Crippen LogP contribution >= 0.6 is 23.1 Å². The maximum absolute atomic E-state index is 5.31. The summed E-state index contributed by atoms with van der Waals surface area (Å²) in [6, 6.07) is 7.73. The summed E-state index contributed by atoms with van der Waals surface area (Å²) in [6.45, 7) is 2.35. The van der Waals surface area contributed by atoms with Gasteiger partial charge in [0, 0.05) is 25.2 Å². The number of aryl methyl sites for hydroxylation is 1. The smallest absolute Gasteiger partial charge is 0.193 e. The van der Waals surface area contributed by atoms with E-state index in [2.05, 4.69) is 19.9 Å². The van der Waals surface area contributed by atoms with Crippen molar-refractivity contribution in [2.45, 2.75) is 12.1 Å². The van der Waals surface area contributed by atoms with Crippen molar-refractivity contribution in [2.75, 3.05) is 25.0 Å². The van der Waals surface area contributed by atoms with E-state index in [1.54, 1.807) is 24.6 Å². The summed E-state index contributed by atoms with van der Waals surface area (Å²) in [7, 11) is 1.66. The van der Waals surface area contributed by atoms with Crippen LogP contribution in [0.15, 0.2) is 41.8 Å². The Morgan fingerprint density at radius 2 is 2.12 bits per heavy atom. The fourth-order valence-electron chi connectivity index (χ4n) is 2.13. The van der Waals surface area contributed by atoms with Gasteiger partial charge in [-0.3, -0.25) is 4.90 Å². The Morgan fingerprint density at radius 1 is 1.25 bits per heavy atom. The molecule has 0 atom stereocenters. The minimum atomic E-state index is 0.378. The fourth-order valence-corrected chi connectivity index (χ4v) is 3.43. The molecule has 0 saturated heterocycles. The Bertz CT molecular complexity index is 809. The van der Waals surface area contributed by atoms with Gasteiger partial charge in [0.15, 0.2) is 10.3 Å². The van der Waals surface area contributed by atoms with Gasteiger partial charge in [-0.25, -0.2) is 19.9 Å². The zero-order chi connectivity index (χ0) is 16.9. The number of pyridine rings is 1. The quantitative estimate of drug-likeness (QED) is 0.377. The zero-order valence-corrected chi connectivity index (χ0v) is 15.3. The molecule has 0 radical (unpaired) electrons. The lowest BCUT2D eigenvalue weighted by Gasteiger charge is -2.19. The minimum absolute atomic E-state index is 0.378. The average Bonchev–Trinajstić information content (AvgIpc) is 3.09. The highest BCUT2D eigenvalue weighted by Crippen LogP contribution is 2.33. The number of nitrogens with zero attached hydrogens (tertiary/aromatic N) is 5. The summed E-state index contributed by atoms with van der Waals surface area (Å²) in [4.78, 5) is 20.8. The van der Waals surface area contributed by atoms with Gasteiger partial charge in [-0.05, 0) is 31.4 Å². The van der Waals surface area contributed by atoms with E-state index in [-0.39, 0.29) is 0 Å². The number of aromatic nitrogens is 4. The van der Waals surface area contributed by atoms with E-state index in [9.17, 15) is 0 Å². The second-order valence-corrected chi connectivity index (χ2v) is 6.70. The highest BCUT2D eigenvalue weighted by Gasteiger charge is 2.16. The normalized spacial score (nSPS) is 10.8. The molecule has 0 fully saturated rings. The van der Waals surface area contributed by atoms with Crippen molar-refractivity contribution in [3.05, 3.63) is 42.4 Å². The Hall–Kier alpha value is -2.03. The molecule has 0 bridgehead atoms. The van der Waals surface area contributed by atoms with Crippen LogP contribution in [0.3, 0.4) is 0 Å². The number of thiazole rings is 1. The Labute approximate surface area is 149 Å². The van der Waals surface area contributed by atoms with E-state index in [0.29, 0.717) is 6.73 Å². The van der Waals surface area contributed by atoms with E-state index in [1.807, 2.05) is 48.5 Å². The fraction of sp³-hybridized carbons (Fsp3) is 0.250. The van der Waals surface area contributed by atoms with Gasteiger partial charge < -0.3 is 4.74 Å². The lowest BCUT2D eigenvalue weighted by Crippen LogP contribution is -2.20. The molecule has 3 rings (SSSR count). The largest absolute Gasteiger partial charge is 0.364 e. The molecule has 0 N–H and O–H groups in total. The molecule has 0 aliphatic rings. The van der Waals surface area contributed by atoms with Crippen LogP contribution in [0.5, 0.6) is 0 Å². The van der Waals surface area contributed by atoms with Gasteiger partial charge in [0.25, 0.3) is 0 Å². The highest BCUT2D eigenvalue weighted by molar-refractivity contribution is 7.98. The first-order chi connectivity index (χ1) is 11.7. The van der Waals surface area contributed by atoms with Crippen molar-refractivity contribution in [3.8, 4) is 10.6 Å². The standard InChI is InChI=1S/C16H17N5OS2/c1-11-8-12(20-15(19-11)23-3)13-9-18-16(24-13)21(10-22-2)14-6-4-5-7-17-14/h4-9H,10H2,1-3H3. The van der Waals surface area contributed by atoms with Crippen LogP contribution in [-0.4, -0.2) is 40.0 Å². The third kappa shape index (κ3) is 3.72. The number of methoxy groups -OCH3 is 1. The number of hydrogen-bond acceptors (Lipinski definition) is 8. The zero-order valence-electron chi connectivity index (χ0n) is 13.6. The van der Waals surface area contributed by atoms with E-state index in [1.165, 1.54) is 11.8 Å².